The molecule has 8 atom stereocenters. The average molecular weight is 892 g/mol. The Hall–Kier alpha value is -4.46. The van der Waals surface area contributed by atoms with Gasteiger partial charge in [0.15, 0.2) is 6.61 Å². The van der Waals surface area contributed by atoms with Gasteiger partial charge in [-0.3, -0.25) is 24.0 Å². The van der Waals surface area contributed by atoms with Crippen LogP contribution in [-0.4, -0.2) is 112 Å². The normalized spacial score (nSPS) is 29.3. The van der Waals surface area contributed by atoms with Crippen LogP contribution in [0.15, 0.2) is 36.4 Å². The topological polar surface area (TPSA) is 185 Å². The first kappa shape index (κ1) is 45.1. The molecule has 3 fully saturated rings. The van der Waals surface area contributed by atoms with Crippen LogP contribution >= 0.6 is 11.6 Å². The first-order valence-electron chi connectivity index (χ1n) is 19.6. The number of carbonyl (C=O) groups excluding carboxylic acids is 3. The third kappa shape index (κ3) is 9.23. The molecule has 4 amide bonds. The molecule has 2 saturated carbocycles. The minimum atomic E-state index is -5.09. The van der Waals surface area contributed by atoms with E-state index in [-0.39, 0.29) is 57.6 Å². The van der Waals surface area contributed by atoms with Crippen LogP contribution in [0, 0.1) is 17.8 Å². The van der Waals surface area contributed by atoms with E-state index in [4.69, 9.17) is 21.1 Å². The number of nitrogens with one attached hydrogen (secondary N) is 2. The fourth-order valence-electron chi connectivity index (χ4n) is 8.11. The molecule has 1 aromatic heterocycles. The van der Waals surface area contributed by atoms with Crippen molar-refractivity contribution in [3.8, 4) is 11.8 Å². The van der Waals surface area contributed by atoms with Crippen molar-refractivity contribution in [1.82, 2.24) is 24.8 Å². The van der Waals surface area contributed by atoms with Gasteiger partial charge < -0.3 is 24.8 Å². The summed E-state index contributed by atoms with van der Waals surface area (Å²) in [5.74, 6) is -5.56. The highest BCUT2D eigenvalue weighted by Gasteiger charge is 2.63. The lowest BCUT2D eigenvalue weighted by molar-refractivity contribution is -0.184. The number of fused-ring (bicyclic) bond motifs is 3. The number of amides is 4. The van der Waals surface area contributed by atoms with Crippen molar-refractivity contribution in [2.24, 2.45) is 17.8 Å². The summed E-state index contributed by atoms with van der Waals surface area (Å²) < 4.78 is 108. The second-order valence-electron chi connectivity index (χ2n) is 16.6. The molecule has 60 heavy (non-hydrogen) atoms. The predicted octanol–water partition coefficient (Wildman–Crippen LogP) is 6.07. The number of allylic oxidation sites excluding steroid dienone is 1. The Morgan fingerprint density at radius 1 is 1.17 bits per heavy atom. The summed E-state index contributed by atoms with van der Waals surface area (Å²) in [7, 11) is -4.17. The van der Waals surface area contributed by atoms with Gasteiger partial charge in [-0.15, -0.1) is 0 Å². The second kappa shape index (κ2) is 16.8. The molecular weight excluding hydrogens is 845 g/mol. The Kier molecular flexibility index (Phi) is 12.6. The van der Waals surface area contributed by atoms with Crippen LogP contribution in [-0.2, 0) is 24.4 Å². The molecule has 14 nitrogen and oxygen atoms in total. The van der Waals surface area contributed by atoms with Crippen LogP contribution in [0.25, 0.3) is 10.8 Å². The van der Waals surface area contributed by atoms with E-state index in [0.29, 0.717) is 32.6 Å². The van der Waals surface area contributed by atoms with Crippen molar-refractivity contribution < 1.29 is 64.1 Å². The highest BCUT2D eigenvalue weighted by molar-refractivity contribution is 7.91. The molecule has 0 radical (unpaired) electrons. The zero-order chi connectivity index (χ0) is 44.1. The standard InChI is InChI=1S/C39H47ClF5N5O9S/c1-20-8-5-6-9-23-17-38(23,35(53)48-60(56,57)37(4)12-13-37)47-32(51)28-15-24(59-33-25-10-7-11-27(40)26(25)16-30(46-33)58-19-29(41)42)18-49(28)34(52)31(21(2)14-20)50(36(54)55)22(3)39(43,44)45/h6-7,9-11,16,20-24,28-29,31H,5,8,12-15,17-19H2,1-4H3,(H,47,51)(H,48,53)(H,54,55)/b9-6-/t20-,21+,22+,23+,24+,28-,31-,38+/m0/s1. The molecule has 3 heterocycles. The molecule has 0 spiro atoms. The lowest BCUT2D eigenvalue weighted by atomic mass is 9.86. The predicted molar refractivity (Wildman–Crippen MR) is 207 cm³/mol. The average Bonchev–Trinajstić information content (AvgIpc) is 4.03. The summed E-state index contributed by atoms with van der Waals surface area (Å²) in [5, 5.41) is 13.7. The Bertz CT molecular complexity index is 2160. The number of sulfonamides is 1. The number of aromatic nitrogens is 1. The molecule has 0 unspecified atom stereocenters. The van der Waals surface area contributed by atoms with Gasteiger partial charge in [-0.05, 0) is 76.3 Å². The fraction of sp³-hybridized carbons (Fsp3) is 0.615. The smallest absolute Gasteiger partial charge is 0.408 e. The van der Waals surface area contributed by atoms with E-state index in [1.54, 1.807) is 31.2 Å². The molecular formula is C39H47ClF5N5O9S. The number of pyridine rings is 1. The number of halogens is 6. The maximum absolute atomic E-state index is 14.9. The highest BCUT2D eigenvalue weighted by Crippen LogP contribution is 2.48. The van der Waals surface area contributed by atoms with Crippen LogP contribution in [0.4, 0.5) is 26.7 Å². The summed E-state index contributed by atoms with van der Waals surface area (Å²) >= 11 is 6.42. The van der Waals surface area contributed by atoms with Crippen LogP contribution in [0.3, 0.4) is 0 Å². The maximum atomic E-state index is 14.9. The van der Waals surface area contributed by atoms with Gasteiger partial charge in [-0.1, -0.05) is 43.7 Å². The Morgan fingerprint density at radius 2 is 1.87 bits per heavy atom. The fourth-order valence-corrected chi connectivity index (χ4v) is 9.65. The molecule has 21 heteroatoms. The number of hydrogen-bond acceptors (Lipinski definition) is 9. The Morgan fingerprint density at radius 3 is 2.50 bits per heavy atom. The van der Waals surface area contributed by atoms with E-state index >= 15 is 0 Å². The van der Waals surface area contributed by atoms with Gasteiger partial charge in [0.25, 0.3) is 12.3 Å². The van der Waals surface area contributed by atoms with Gasteiger partial charge in [0.2, 0.25) is 33.6 Å². The SMILES string of the molecule is C[C@H]1CC/C=C\[C@@H]2C[C@@]2(C(=O)NS(=O)(=O)C2(C)CC2)NC(=O)[C@@H]2C[C@@H](Oc3nc(OCC(F)F)cc4c(Cl)cccc34)CN2C(=O)[C@@H](N(C(=O)O)[C@H](C)C(F)(F)F)[C@H](C)C1. The van der Waals surface area contributed by atoms with E-state index in [2.05, 4.69) is 15.0 Å². The lowest BCUT2D eigenvalue weighted by Gasteiger charge is -2.40. The number of ether oxygens (including phenoxy) is 2. The number of benzene rings is 1. The third-order valence-corrected chi connectivity index (χ3v) is 14.5. The van der Waals surface area contributed by atoms with E-state index < -0.39 is 106 Å². The van der Waals surface area contributed by atoms with Crippen molar-refractivity contribution >= 4 is 56.2 Å². The van der Waals surface area contributed by atoms with Crippen molar-refractivity contribution in [1.29, 1.82) is 0 Å². The van der Waals surface area contributed by atoms with Gasteiger partial charge >= 0.3 is 12.3 Å². The molecule has 2 aliphatic heterocycles. The monoisotopic (exact) mass is 891 g/mol. The Balaban J connectivity index is 1.42. The maximum Gasteiger partial charge on any atom is 0.408 e. The second-order valence-corrected chi connectivity index (χ2v) is 19.2. The first-order chi connectivity index (χ1) is 28.0. The summed E-state index contributed by atoms with van der Waals surface area (Å²) in [4.78, 5) is 61.3. The van der Waals surface area contributed by atoms with E-state index in [9.17, 15) is 54.7 Å². The molecule has 3 N–H and O–H groups in total. The lowest BCUT2D eigenvalue weighted by Crippen LogP contribution is -2.62. The van der Waals surface area contributed by atoms with E-state index in [1.165, 1.54) is 26.0 Å². The highest BCUT2D eigenvalue weighted by atomic mass is 35.5. The molecule has 6 rings (SSSR count). The number of carbonyl (C=O) groups is 4. The molecule has 1 aromatic carbocycles. The van der Waals surface area contributed by atoms with Crippen molar-refractivity contribution in [2.45, 2.75) is 120 Å². The van der Waals surface area contributed by atoms with Crippen LogP contribution in [0.2, 0.25) is 5.02 Å². The summed E-state index contributed by atoms with van der Waals surface area (Å²) in [6.07, 6.45) is -6.50. The minimum Gasteiger partial charge on any atom is -0.472 e. The van der Waals surface area contributed by atoms with E-state index in [0.717, 1.165) is 4.90 Å². The van der Waals surface area contributed by atoms with Crippen LogP contribution in [0.5, 0.6) is 11.8 Å². The molecule has 4 aliphatic rings. The van der Waals surface area contributed by atoms with Crippen molar-refractivity contribution in [3.05, 3.63) is 41.4 Å². The van der Waals surface area contributed by atoms with Gasteiger partial charge in [0.1, 0.15) is 29.8 Å². The third-order valence-electron chi connectivity index (χ3n) is 12.0. The molecule has 1 saturated heterocycles. The van der Waals surface area contributed by atoms with Crippen LogP contribution < -0.4 is 19.5 Å². The number of rotatable bonds is 10. The molecule has 330 valence electrons. The largest absolute Gasteiger partial charge is 0.472 e. The minimum absolute atomic E-state index is 0.0128. The number of hydrogen-bond donors (Lipinski definition) is 3. The number of carboxylic acid groups (broad SMARTS) is 1. The quantitative estimate of drug-likeness (QED) is 0.187. The first-order valence-corrected chi connectivity index (χ1v) is 21.4. The van der Waals surface area contributed by atoms with Gasteiger partial charge in [-0.25, -0.2) is 22.0 Å². The molecule has 2 aliphatic carbocycles. The van der Waals surface area contributed by atoms with Gasteiger partial charge in [-0.2, -0.15) is 18.2 Å². The molecule has 0 bridgehead atoms. The van der Waals surface area contributed by atoms with Gasteiger partial charge in [0.05, 0.1) is 11.3 Å². The van der Waals surface area contributed by atoms with E-state index in [1.807, 2.05) is 0 Å². The zero-order valence-corrected chi connectivity index (χ0v) is 34.8. The summed E-state index contributed by atoms with van der Waals surface area (Å²) in [6.45, 7) is 3.82. The molecule has 2 aromatic rings. The van der Waals surface area contributed by atoms with Gasteiger partial charge in [0, 0.05) is 34.2 Å². The number of alkyl halides is 5. The number of nitrogens with zero attached hydrogens (tertiary/aromatic N) is 3. The Labute approximate surface area is 348 Å². The zero-order valence-electron chi connectivity index (χ0n) is 33.2. The summed E-state index contributed by atoms with van der Waals surface area (Å²) in [6, 6.07) is -0.285. The van der Waals surface area contributed by atoms with Crippen molar-refractivity contribution in [3.63, 3.8) is 0 Å². The van der Waals surface area contributed by atoms with Crippen molar-refractivity contribution in [2.75, 3.05) is 13.2 Å². The summed E-state index contributed by atoms with van der Waals surface area (Å²) in [5.41, 5.74) is -1.79. The van der Waals surface area contributed by atoms with Crippen LogP contribution in [0.1, 0.15) is 72.6 Å².